The molecule has 1 N–H and O–H groups in total. The first-order valence-electron chi connectivity index (χ1n) is 7.67. The van der Waals surface area contributed by atoms with Gasteiger partial charge in [0.1, 0.15) is 5.82 Å². The first kappa shape index (κ1) is 17.5. The summed E-state index contributed by atoms with van der Waals surface area (Å²) < 4.78 is 37.8. The van der Waals surface area contributed by atoms with Gasteiger partial charge in [-0.1, -0.05) is 0 Å². The summed E-state index contributed by atoms with van der Waals surface area (Å²) in [6.45, 7) is 2.15. The van der Waals surface area contributed by atoms with E-state index in [4.69, 9.17) is 0 Å². The van der Waals surface area contributed by atoms with Crippen molar-refractivity contribution >= 4 is 28.3 Å². The second-order valence-electron chi connectivity index (χ2n) is 5.50. The van der Waals surface area contributed by atoms with Gasteiger partial charge < -0.3 is 9.80 Å². The largest absolute Gasteiger partial charge is 0.417 e. The number of amides is 2. The van der Waals surface area contributed by atoms with Crippen LogP contribution in [0.15, 0.2) is 29.9 Å². The fourth-order valence-electron chi connectivity index (χ4n) is 2.55. The van der Waals surface area contributed by atoms with Crippen LogP contribution < -0.4 is 10.2 Å². The molecule has 3 heterocycles. The van der Waals surface area contributed by atoms with Crippen LogP contribution in [-0.4, -0.2) is 47.1 Å². The first-order valence-corrected chi connectivity index (χ1v) is 8.55. The molecule has 0 bridgehead atoms. The van der Waals surface area contributed by atoms with Crippen molar-refractivity contribution in [3.8, 4) is 0 Å². The Labute approximate surface area is 146 Å². The maximum Gasteiger partial charge on any atom is 0.417 e. The number of nitrogens with zero attached hydrogens (tertiary/aromatic N) is 4. The fraction of sp³-hybridized carbons (Fsp3) is 0.400. The summed E-state index contributed by atoms with van der Waals surface area (Å²) in [5, 5.41) is 5.04. The Morgan fingerprint density at radius 3 is 2.64 bits per heavy atom. The molecule has 0 aliphatic carbocycles. The molecule has 1 fully saturated rings. The lowest BCUT2D eigenvalue weighted by atomic mass is 10.2. The number of carbonyl (C=O) groups is 1. The minimum absolute atomic E-state index is 0.225. The maximum atomic E-state index is 12.6. The van der Waals surface area contributed by atoms with E-state index in [9.17, 15) is 18.0 Å². The predicted octanol–water partition coefficient (Wildman–Crippen LogP) is 3.30. The molecule has 1 aliphatic rings. The van der Waals surface area contributed by atoms with Gasteiger partial charge in [0.15, 0.2) is 5.13 Å². The molecule has 3 rings (SSSR count). The summed E-state index contributed by atoms with van der Waals surface area (Å²) >= 11 is 1.34. The van der Waals surface area contributed by atoms with Crippen LogP contribution >= 0.6 is 11.3 Å². The van der Waals surface area contributed by atoms with Crippen molar-refractivity contribution in [1.29, 1.82) is 0 Å². The van der Waals surface area contributed by atoms with Crippen molar-refractivity contribution in [2.75, 3.05) is 36.4 Å². The highest BCUT2D eigenvalue weighted by Gasteiger charge is 2.31. The number of nitrogens with one attached hydrogen (secondary N) is 1. The molecule has 2 aromatic rings. The number of pyridine rings is 1. The van der Waals surface area contributed by atoms with Gasteiger partial charge in [-0.3, -0.25) is 5.32 Å². The molecule has 0 unspecified atom stereocenters. The molecule has 0 radical (unpaired) electrons. The molecule has 2 amide bonds. The Bertz CT molecular complexity index is 705. The van der Waals surface area contributed by atoms with Crippen LogP contribution in [0.4, 0.5) is 28.9 Å². The molecule has 10 heteroatoms. The van der Waals surface area contributed by atoms with E-state index >= 15 is 0 Å². The summed E-state index contributed by atoms with van der Waals surface area (Å²) in [4.78, 5) is 23.7. The molecule has 25 heavy (non-hydrogen) atoms. The number of carbonyl (C=O) groups excluding carboxylic acids is 1. The SMILES string of the molecule is O=C(Nc1nccs1)N1CCCN(c2ccc(C(F)(F)F)cn2)CC1. The minimum Gasteiger partial charge on any atom is -0.355 e. The molecular formula is C15H16F3N5OS. The van der Waals surface area contributed by atoms with E-state index in [0.717, 1.165) is 12.3 Å². The van der Waals surface area contributed by atoms with Crippen LogP contribution in [0.1, 0.15) is 12.0 Å². The molecule has 2 aromatic heterocycles. The van der Waals surface area contributed by atoms with Crippen LogP contribution in [0.3, 0.4) is 0 Å². The smallest absolute Gasteiger partial charge is 0.355 e. The Balaban J connectivity index is 1.60. The molecular weight excluding hydrogens is 355 g/mol. The number of aromatic nitrogens is 2. The molecule has 0 aromatic carbocycles. The van der Waals surface area contributed by atoms with E-state index in [0.29, 0.717) is 43.5 Å². The van der Waals surface area contributed by atoms with Gasteiger partial charge in [-0.2, -0.15) is 13.2 Å². The topological polar surface area (TPSA) is 61.4 Å². The number of rotatable bonds is 2. The summed E-state index contributed by atoms with van der Waals surface area (Å²) in [6.07, 6.45) is -1.24. The van der Waals surface area contributed by atoms with Gasteiger partial charge in [0.2, 0.25) is 0 Å². The highest BCUT2D eigenvalue weighted by Crippen LogP contribution is 2.29. The summed E-state index contributed by atoms with van der Waals surface area (Å²) in [6, 6.07) is 2.17. The third-order valence-corrected chi connectivity index (χ3v) is 4.52. The summed E-state index contributed by atoms with van der Waals surface area (Å²) in [7, 11) is 0. The van der Waals surface area contributed by atoms with Crippen molar-refractivity contribution in [3.05, 3.63) is 35.5 Å². The molecule has 1 saturated heterocycles. The van der Waals surface area contributed by atoms with E-state index in [-0.39, 0.29) is 6.03 Å². The molecule has 0 atom stereocenters. The van der Waals surface area contributed by atoms with Crippen LogP contribution in [0.25, 0.3) is 0 Å². The third-order valence-electron chi connectivity index (χ3n) is 3.83. The highest BCUT2D eigenvalue weighted by atomic mass is 32.1. The van der Waals surface area contributed by atoms with Crippen LogP contribution in [-0.2, 0) is 6.18 Å². The van der Waals surface area contributed by atoms with E-state index in [2.05, 4.69) is 15.3 Å². The zero-order valence-electron chi connectivity index (χ0n) is 13.2. The lowest BCUT2D eigenvalue weighted by Gasteiger charge is -2.23. The van der Waals surface area contributed by atoms with Crippen molar-refractivity contribution in [3.63, 3.8) is 0 Å². The number of anilines is 2. The zero-order chi connectivity index (χ0) is 17.9. The second kappa shape index (κ2) is 7.26. The first-order chi connectivity index (χ1) is 11.9. The monoisotopic (exact) mass is 371 g/mol. The number of hydrogen-bond acceptors (Lipinski definition) is 5. The Morgan fingerprint density at radius 1 is 1.16 bits per heavy atom. The van der Waals surface area contributed by atoms with E-state index in [1.807, 2.05) is 4.90 Å². The van der Waals surface area contributed by atoms with Gasteiger partial charge in [0, 0.05) is 44.0 Å². The quantitative estimate of drug-likeness (QED) is 0.880. The van der Waals surface area contributed by atoms with E-state index < -0.39 is 11.7 Å². The van der Waals surface area contributed by atoms with Gasteiger partial charge in [0.25, 0.3) is 0 Å². The zero-order valence-corrected chi connectivity index (χ0v) is 14.0. The lowest BCUT2D eigenvalue weighted by Crippen LogP contribution is -2.38. The molecule has 0 spiro atoms. The molecule has 1 aliphatic heterocycles. The van der Waals surface area contributed by atoms with Crippen molar-refractivity contribution < 1.29 is 18.0 Å². The number of urea groups is 1. The highest BCUT2D eigenvalue weighted by molar-refractivity contribution is 7.13. The average molecular weight is 371 g/mol. The summed E-state index contributed by atoms with van der Waals surface area (Å²) in [5.74, 6) is 0.482. The predicted molar refractivity (Wildman–Crippen MR) is 88.8 cm³/mol. The molecule has 134 valence electrons. The van der Waals surface area contributed by atoms with Crippen LogP contribution in [0.2, 0.25) is 0 Å². The summed E-state index contributed by atoms with van der Waals surface area (Å²) in [5.41, 5.74) is -0.768. The van der Waals surface area contributed by atoms with Gasteiger partial charge in [-0.25, -0.2) is 14.8 Å². The van der Waals surface area contributed by atoms with Gasteiger partial charge in [-0.15, -0.1) is 11.3 Å². The maximum absolute atomic E-state index is 12.6. The van der Waals surface area contributed by atoms with Crippen molar-refractivity contribution in [1.82, 2.24) is 14.9 Å². The second-order valence-corrected chi connectivity index (χ2v) is 6.39. The number of halogens is 3. The van der Waals surface area contributed by atoms with Gasteiger partial charge in [0.05, 0.1) is 5.56 Å². The van der Waals surface area contributed by atoms with Crippen molar-refractivity contribution in [2.45, 2.75) is 12.6 Å². The Morgan fingerprint density at radius 2 is 2.00 bits per heavy atom. The van der Waals surface area contributed by atoms with E-state index in [1.54, 1.807) is 16.5 Å². The van der Waals surface area contributed by atoms with Crippen LogP contribution in [0.5, 0.6) is 0 Å². The fourth-order valence-corrected chi connectivity index (χ4v) is 3.06. The third kappa shape index (κ3) is 4.38. The van der Waals surface area contributed by atoms with Crippen molar-refractivity contribution in [2.24, 2.45) is 0 Å². The van der Waals surface area contributed by atoms with E-state index in [1.165, 1.54) is 17.4 Å². The minimum atomic E-state index is -4.39. The Kier molecular flexibility index (Phi) is 5.07. The van der Waals surface area contributed by atoms with Crippen LogP contribution in [0, 0.1) is 0 Å². The molecule has 0 saturated carbocycles. The lowest BCUT2D eigenvalue weighted by molar-refractivity contribution is -0.137. The normalized spacial score (nSPS) is 15.8. The molecule has 6 nitrogen and oxygen atoms in total. The number of alkyl halides is 3. The average Bonchev–Trinajstić information content (AvgIpc) is 2.95. The Hall–Kier alpha value is -2.36. The van der Waals surface area contributed by atoms with Gasteiger partial charge >= 0.3 is 12.2 Å². The number of thiazole rings is 1. The number of hydrogen-bond donors (Lipinski definition) is 1. The van der Waals surface area contributed by atoms with Gasteiger partial charge in [-0.05, 0) is 18.6 Å². The standard InChI is InChI=1S/C15H16F3N5OS/c16-15(17,18)11-2-3-12(20-10-11)22-5-1-6-23(8-7-22)14(24)21-13-19-4-9-25-13/h2-4,9-10H,1,5-8H2,(H,19,21,24).